The Kier molecular flexibility index (Phi) is 4.29. The highest BCUT2D eigenvalue weighted by Gasteiger charge is 2.27. The van der Waals surface area contributed by atoms with E-state index in [-0.39, 0.29) is 5.96 Å². The van der Waals surface area contributed by atoms with Crippen LogP contribution >= 0.6 is 11.6 Å². The quantitative estimate of drug-likeness (QED) is 0.537. The van der Waals surface area contributed by atoms with Gasteiger partial charge in [-0.05, 0) is 36.4 Å². The average Bonchev–Trinajstić information content (AvgIpc) is 3.11. The van der Waals surface area contributed by atoms with Crippen LogP contribution in [-0.2, 0) is 6.61 Å². The van der Waals surface area contributed by atoms with Crippen LogP contribution in [0.5, 0.6) is 5.75 Å². The standard InChI is InChI=1S/C21H17ClN6O/c22-14-7-8-18(29-12-13-4-3-9-24-11-13)15(10-14)19-26-20(23)27-21-25-16-5-1-2-6-17(16)28(19)21/h1-11,19H,12H2,(H3,23,25,26,27). The van der Waals surface area contributed by atoms with Gasteiger partial charge in [-0.3, -0.25) is 14.9 Å². The number of fused-ring (bicyclic) bond motifs is 3. The van der Waals surface area contributed by atoms with Crippen LogP contribution in [0.15, 0.2) is 72.0 Å². The molecule has 8 heteroatoms. The fourth-order valence-electron chi connectivity index (χ4n) is 3.42. The first-order chi connectivity index (χ1) is 14.2. The summed E-state index contributed by atoms with van der Waals surface area (Å²) in [5.74, 6) is 1.59. The van der Waals surface area contributed by atoms with E-state index in [1.807, 2.05) is 53.1 Å². The van der Waals surface area contributed by atoms with Gasteiger partial charge >= 0.3 is 0 Å². The molecule has 7 nitrogen and oxygen atoms in total. The van der Waals surface area contributed by atoms with E-state index in [0.29, 0.717) is 23.3 Å². The van der Waals surface area contributed by atoms with Crippen molar-refractivity contribution in [3.63, 3.8) is 0 Å². The van der Waals surface area contributed by atoms with E-state index in [9.17, 15) is 0 Å². The van der Waals surface area contributed by atoms with Gasteiger partial charge in [-0.15, -0.1) is 0 Å². The van der Waals surface area contributed by atoms with Crippen LogP contribution in [0.4, 0.5) is 5.95 Å². The highest BCUT2D eigenvalue weighted by Crippen LogP contribution is 2.37. The molecular formula is C21H17ClN6O. The second kappa shape index (κ2) is 7.10. The summed E-state index contributed by atoms with van der Waals surface area (Å²) in [5.41, 5.74) is 9.62. The normalized spacial score (nSPS) is 15.5. The third-order valence-corrected chi connectivity index (χ3v) is 4.94. The number of aromatic nitrogens is 3. The summed E-state index contributed by atoms with van der Waals surface area (Å²) in [5, 5.41) is 3.63. The van der Waals surface area contributed by atoms with Gasteiger partial charge in [-0.1, -0.05) is 29.8 Å². The summed E-state index contributed by atoms with van der Waals surface area (Å²) in [4.78, 5) is 13.4. The molecule has 0 aliphatic carbocycles. The van der Waals surface area contributed by atoms with Crippen molar-refractivity contribution < 1.29 is 4.74 Å². The van der Waals surface area contributed by atoms with Gasteiger partial charge in [0, 0.05) is 28.5 Å². The van der Waals surface area contributed by atoms with Gasteiger partial charge in [0.1, 0.15) is 12.4 Å². The Morgan fingerprint density at radius 2 is 2.03 bits per heavy atom. The number of guanidine groups is 1. The second-order valence-electron chi connectivity index (χ2n) is 6.64. The van der Waals surface area contributed by atoms with Crippen molar-refractivity contribution in [3.8, 4) is 5.75 Å². The first kappa shape index (κ1) is 17.5. The van der Waals surface area contributed by atoms with Gasteiger partial charge < -0.3 is 10.5 Å². The zero-order chi connectivity index (χ0) is 19.8. The second-order valence-corrected chi connectivity index (χ2v) is 7.08. The number of benzene rings is 2. The molecule has 0 bridgehead atoms. The van der Waals surface area contributed by atoms with E-state index >= 15 is 0 Å². The van der Waals surface area contributed by atoms with E-state index < -0.39 is 6.17 Å². The number of aliphatic imine (C=N–C) groups is 1. The lowest BCUT2D eigenvalue weighted by atomic mass is 10.1. The number of hydrogen-bond donors (Lipinski definition) is 2. The van der Waals surface area contributed by atoms with Crippen molar-refractivity contribution in [1.29, 1.82) is 0 Å². The molecule has 0 saturated heterocycles. The van der Waals surface area contributed by atoms with Crippen molar-refractivity contribution in [2.45, 2.75) is 12.8 Å². The number of nitrogens with zero attached hydrogens (tertiary/aromatic N) is 4. The molecule has 0 spiro atoms. The van der Waals surface area contributed by atoms with Gasteiger partial charge in [-0.2, -0.15) is 0 Å². The molecule has 0 fully saturated rings. The van der Waals surface area contributed by atoms with Crippen molar-refractivity contribution in [2.75, 3.05) is 5.32 Å². The molecule has 29 heavy (non-hydrogen) atoms. The van der Waals surface area contributed by atoms with Crippen LogP contribution in [0.3, 0.4) is 0 Å². The van der Waals surface area contributed by atoms with E-state index in [0.717, 1.165) is 22.2 Å². The average molecular weight is 405 g/mol. The van der Waals surface area contributed by atoms with E-state index in [1.54, 1.807) is 18.5 Å². The Bertz CT molecular complexity index is 1220. The number of anilines is 1. The van der Waals surface area contributed by atoms with Crippen molar-refractivity contribution in [2.24, 2.45) is 10.7 Å². The molecule has 1 aliphatic heterocycles. The molecule has 144 valence electrons. The van der Waals surface area contributed by atoms with Gasteiger partial charge in [-0.25, -0.2) is 9.98 Å². The summed E-state index contributed by atoms with van der Waals surface area (Å²) in [7, 11) is 0. The Labute approximate surface area is 171 Å². The lowest BCUT2D eigenvalue weighted by molar-refractivity contribution is 0.299. The van der Waals surface area contributed by atoms with Crippen LogP contribution in [0, 0.1) is 0 Å². The minimum Gasteiger partial charge on any atom is -0.488 e. The Morgan fingerprint density at radius 1 is 1.14 bits per heavy atom. The van der Waals surface area contributed by atoms with Crippen molar-refractivity contribution in [3.05, 3.63) is 83.1 Å². The molecule has 0 amide bonds. The van der Waals surface area contributed by atoms with Crippen LogP contribution in [0.25, 0.3) is 11.0 Å². The number of para-hydroxylation sites is 2. The Morgan fingerprint density at radius 3 is 2.90 bits per heavy atom. The molecule has 2 aromatic heterocycles. The highest BCUT2D eigenvalue weighted by molar-refractivity contribution is 6.30. The third-order valence-electron chi connectivity index (χ3n) is 4.71. The Balaban J connectivity index is 1.60. The summed E-state index contributed by atoms with van der Waals surface area (Å²) in [6, 6.07) is 17.2. The molecule has 1 aliphatic rings. The number of nitrogens with two attached hydrogens (primary N) is 1. The maximum Gasteiger partial charge on any atom is 0.212 e. The van der Waals surface area contributed by atoms with Crippen molar-refractivity contribution in [1.82, 2.24) is 14.5 Å². The molecule has 3 heterocycles. The topological polar surface area (TPSA) is 90.4 Å². The fourth-order valence-corrected chi connectivity index (χ4v) is 3.60. The highest BCUT2D eigenvalue weighted by atomic mass is 35.5. The Hall–Kier alpha value is -3.58. The molecule has 2 aromatic carbocycles. The molecule has 1 unspecified atom stereocenters. The van der Waals surface area contributed by atoms with E-state index in [1.165, 1.54) is 0 Å². The number of halogens is 1. The summed E-state index contributed by atoms with van der Waals surface area (Å²) in [6.07, 6.45) is 3.05. The van der Waals surface area contributed by atoms with Gasteiger partial charge in [0.05, 0.1) is 11.0 Å². The number of nitrogens with one attached hydrogen (secondary N) is 1. The number of rotatable bonds is 4. The SMILES string of the molecule is NC1=NC(c2cc(Cl)ccc2OCc2cccnc2)n2c(nc3ccccc32)N1. The van der Waals surface area contributed by atoms with E-state index in [2.05, 4.69) is 20.3 Å². The first-order valence-corrected chi connectivity index (χ1v) is 9.45. The zero-order valence-corrected chi connectivity index (χ0v) is 16.0. The predicted octanol–water partition coefficient (Wildman–Crippen LogP) is 3.95. The molecular weight excluding hydrogens is 388 g/mol. The third kappa shape index (κ3) is 3.25. The molecule has 1 atom stereocenters. The van der Waals surface area contributed by atoms with E-state index in [4.69, 9.17) is 22.1 Å². The van der Waals surface area contributed by atoms with Gasteiger partial charge in [0.25, 0.3) is 0 Å². The largest absolute Gasteiger partial charge is 0.488 e. The fraction of sp³-hybridized carbons (Fsp3) is 0.0952. The molecule has 0 saturated carbocycles. The maximum atomic E-state index is 6.32. The number of pyridine rings is 1. The molecule has 0 radical (unpaired) electrons. The summed E-state index contributed by atoms with van der Waals surface area (Å²) >= 11 is 6.32. The molecule has 5 rings (SSSR count). The van der Waals surface area contributed by atoms with Gasteiger partial charge in [0.15, 0.2) is 12.1 Å². The van der Waals surface area contributed by atoms with Crippen LogP contribution in [0.2, 0.25) is 5.02 Å². The van der Waals surface area contributed by atoms with Crippen LogP contribution in [-0.4, -0.2) is 20.5 Å². The van der Waals surface area contributed by atoms with Crippen LogP contribution in [0.1, 0.15) is 17.3 Å². The molecule has 3 N–H and O–H groups in total. The minimum atomic E-state index is -0.457. The minimum absolute atomic E-state index is 0.288. The number of hydrogen-bond acceptors (Lipinski definition) is 6. The predicted molar refractivity (Wildman–Crippen MR) is 113 cm³/mol. The molecule has 4 aromatic rings. The van der Waals surface area contributed by atoms with Crippen molar-refractivity contribution >= 4 is 34.5 Å². The lowest BCUT2D eigenvalue weighted by Crippen LogP contribution is -2.31. The monoisotopic (exact) mass is 404 g/mol. The summed E-state index contributed by atoms with van der Waals surface area (Å²) in [6.45, 7) is 0.379. The smallest absolute Gasteiger partial charge is 0.212 e. The zero-order valence-electron chi connectivity index (χ0n) is 15.3. The first-order valence-electron chi connectivity index (χ1n) is 9.07. The maximum absolute atomic E-state index is 6.32. The van der Waals surface area contributed by atoms with Crippen LogP contribution < -0.4 is 15.8 Å². The van der Waals surface area contributed by atoms with Gasteiger partial charge in [0.2, 0.25) is 5.95 Å². The summed E-state index contributed by atoms with van der Waals surface area (Å²) < 4.78 is 8.10. The lowest BCUT2D eigenvalue weighted by Gasteiger charge is -2.25. The number of ether oxygens (including phenoxy) is 1. The number of imidazole rings is 1.